The maximum Gasteiger partial charge on any atom is 0.416 e. The molecule has 0 saturated carbocycles. The number of halogens is 3. The molecular weight excluding hydrogens is 333 g/mol. The molecule has 0 spiro atoms. The molecule has 0 saturated heterocycles. The molecule has 0 aromatic heterocycles. The summed E-state index contributed by atoms with van der Waals surface area (Å²) >= 11 is 0. The van der Waals surface area contributed by atoms with E-state index in [1.165, 1.54) is 12.1 Å². The van der Waals surface area contributed by atoms with Gasteiger partial charge in [0.2, 0.25) is 0 Å². The monoisotopic (exact) mass is 354 g/mol. The Kier molecular flexibility index (Phi) is 5.84. The molecule has 7 heteroatoms. The molecule has 2 rings (SSSR count). The summed E-state index contributed by atoms with van der Waals surface area (Å²) in [7, 11) is 0. The van der Waals surface area contributed by atoms with E-state index in [0.29, 0.717) is 5.56 Å². The molecule has 25 heavy (non-hydrogen) atoms. The summed E-state index contributed by atoms with van der Waals surface area (Å²) in [5.74, 6) is 0. The van der Waals surface area contributed by atoms with Crippen LogP contribution in [0.25, 0.3) is 0 Å². The van der Waals surface area contributed by atoms with E-state index in [2.05, 4.69) is 0 Å². The fourth-order valence-corrected chi connectivity index (χ4v) is 2.84. The number of rotatable bonds is 6. The van der Waals surface area contributed by atoms with Gasteiger partial charge in [-0.2, -0.15) is 13.2 Å². The minimum atomic E-state index is -4.55. The SMILES string of the molecule is N[C@H](c1ccccc1)[C@](N)(c1cccc(C(F)(F)F)c1)C(O)CCO. The Morgan fingerprint density at radius 1 is 0.960 bits per heavy atom. The second-order valence-corrected chi connectivity index (χ2v) is 5.93. The lowest BCUT2D eigenvalue weighted by atomic mass is 9.75. The van der Waals surface area contributed by atoms with Crippen molar-refractivity contribution in [3.05, 3.63) is 71.3 Å². The van der Waals surface area contributed by atoms with E-state index >= 15 is 0 Å². The van der Waals surface area contributed by atoms with E-state index in [9.17, 15) is 18.3 Å². The van der Waals surface area contributed by atoms with Crippen LogP contribution < -0.4 is 11.5 Å². The molecule has 6 N–H and O–H groups in total. The van der Waals surface area contributed by atoms with Crippen LogP contribution in [-0.2, 0) is 11.7 Å². The average molecular weight is 354 g/mol. The van der Waals surface area contributed by atoms with Crippen LogP contribution in [0.15, 0.2) is 54.6 Å². The highest BCUT2D eigenvalue weighted by atomic mass is 19.4. The smallest absolute Gasteiger partial charge is 0.396 e. The normalized spacial score (nSPS) is 16.9. The standard InChI is InChI=1S/C18H21F3N2O2/c19-18(20,21)14-8-4-7-13(11-14)17(23,15(25)9-10-24)16(22)12-5-2-1-3-6-12/h1-8,11,15-16,24-25H,9-10,22-23H2/t15?,16-,17+/m1/s1. The van der Waals surface area contributed by atoms with E-state index in [1.54, 1.807) is 30.3 Å². The molecular formula is C18H21F3N2O2. The Labute approximate surface area is 143 Å². The molecule has 3 atom stereocenters. The summed E-state index contributed by atoms with van der Waals surface area (Å²) in [4.78, 5) is 0. The molecule has 0 heterocycles. The van der Waals surface area contributed by atoms with Crippen LogP contribution in [0.5, 0.6) is 0 Å². The van der Waals surface area contributed by atoms with E-state index < -0.39 is 29.4 Å². The van der Waals surface area contributed by atoms with Gasteiger partial charge in [0.25, 0.3) is 0 Å². The van der Waals surface area contributed by atoms with Gasteiger partial charge >= 0.3 is 6.18 Å². The predicted octanol–water partition coefficient (Wildman–Crippen LogP) is 2.30. The summed E-state index contributed by atoms with van der Waals surface area (Å²) in [5.41, 5.74) is 10.7. The van der Waals surface area contributed by atoms with Gasteiger partial charge < -0.3 is 21.7 Å². The Morgan fingerprint density at radius 3 is 2.12 bits per heavy atom. The van der Waals surface area contributed by atoms with Crippen molar-refractivity contribution in [1.82, 2.24) is 0 Å². The lowest BCUT2D eigenvalue weighted by molar-refractivity contribution is -0.137. The second-order valence-electron chi connectivity index (χ2n) is 5.93. The van der Waals surface area contributed by atoms with Gasteiger partial charge in [0.15, 0.2) is 0 Å². The molecule has 0 fully saturated rings. The summed E-state index contributed by atoms with van der Waals surface area (Å²) in [6, 6.07) is 12.1. The van der Waals surface area contributed by atoms with Crippen molar-refractivity contribution in [2.24, 2.45) is 11.5 Å². The topological polar surface area (TPSA) is 92.5 Å². The maximum atomic E-state index is 13.1. The van der Waals surface area contributed by atoms with Gasteiger partial charge in [0.1, 0.15) is 0 Å². The highest BCUT2D eigenvalue weighted by molar-refractivity contribution is 5.36. The third kappa shape index (κ3) is 4.01. The van der Waals surface area contributed by atoms with Crippen LogP contribution in [0.4, 0.5) is 13.2 Å². The lowest BCUT2D eigenvalue weighted by Gasteiger charge is -2.40. The zero-order valence-electron chi connectivity index (χ0n) is 13.4. The van der Waals surface area contributed by atoms with Gasteiger partial charge in [-0.05, 0) is 29.7 Å². The highest BCUT2D eigenvalue weighted by Crippen LogP contribution is 2.38. The Bertz CT molecular complexity index is 694. The molecule has 0 aliphatic carbocycles. The van der Waals surface area contributed by atoms with Crippen LogP contribution in [-0.4, -0.2) is 22.9 Å². The molecule has 0 radical (unpaired) electrons. The number of hydrogen-bond donors (Lipinski definition) is 4. The molecule has 2 aromatic rings. The number of aliphatic hydroxyl groups excluding tert-OH is 2. The fourth-order valence-electron chi connectivity index (χ4n) is 2.84. The Morgan fingerprint density at radius 2 is 1.56 bits per heavy atom. The highest BCUT2D eigenvalue weighted by Gasteiger charge is 2.43. The van der Waals surface area contributed by atoms with Gasteiger partial charge in [-0.3, -0.25) is 0 Å². The van der Waals surface area contributed by atoms with Crippen molar-refractivity contribution in [3.63, 3.8) is 0 Å². The molecule has 4 nitrogen and oxygen atoms in total. The van der Waals surface area contributed by atoms with Crippen molar-refractivity contribution in [1.29, 1.82) is 0 Å². The minimum Gasteiger partial charge on any atom is -0.396 e. The summed E-state index contributed by atoms with van der Waals surface area (Å²) < 4.78 is 39.2. The number of alkyl halides is 3. The van der Waals surface area contributed by atoms with Crippen molar-refractivity contribution in [2.45, 2.75) is 30.3 Å². The van der Waals surface area contributed by atoms with E-state index in [4.69, 9.17) is 16.6 Å². The van der Waals surface area contributed by atoms with E-state index in [-0.39, 0.29) is 18.6 Å². The van der Waals surface area contributed by atoms with Crippen LogP contribution in [0.1, 0.15) is 29.2 Å². The maximum absolute atomic E-state index is 13.1. The minimum absolute atomic E-state index is 0.0552. The first-order chi connectivity index (χ1) is 11.7. The second kappa shape index (κ2) is 7.53. The van der Waals surface area contributed by atoms with Crippen molar-refractivity contribution < 1.29 is 23.4 Å². The molecule has 1 unspecified atom stereocenters. The van der Waals surface area contributed by atoms with Gasteiger partial charge in [-0.25, -0.2) is 0 Å². The zero-order chi connectivity index (χ0) is 18.7. The predicted molar refractivity (Wildman–Crippen MR) is 88.4 cm³/mol. The number of benzene rings is 2. The Balaban J connectivity index is 2.56. The van der Waals surface area contributed by atoms with Gasteiger partial charge in [-0.1, -0.05) is 42.5 Å². The summed E-state index contributed by atoms with van der Waals surface area (Å²) in [5, 5.41) is 19.6. The summed E-state index contributed by atoms with van der Waals surface area (Å²) in [6.07, 6.45) is -6.00. The average Bonchev–Trinajstić information content (AvgIpc) is 2.60. The van der Waals surface area contributed by atoms with E-state index in [1.807, 2.05) is 0 Å². The largest absolute Gasteiger partial charge is 0.416 e. The summed E-state index contributed by atoms with van der Waals surface area (Å²) in [6.45, 7) is -0.374. The van der Waals surface area contributed by atoms with Crippen LogP contribution in [0, 0.1) is 0 Å². The lowest BCUT2D eigenvalue weighted by Crippen LogP contribution is -2.55. The van der Waals surface area contributed by atoms with Crippen LogP contribution in [0.2, 0.25) is 0 Å². The third-order valence-electron chi connectivity index (χ3n) is 4.32. The molecule has 0 amide bonds. The van der Waals surface area contributed by atoms with Crippen LogP contribution in [0.3, 0.4) is 0 Å². The van der Waals surface area contributed by atoms with Crippen molar-refractivity contribution >= 4 is 0 Å². The van der Waals surface area contributed by atoms with Gasteiger partial charge in [-0.15, -0.1) is 0 Å². The number of aliphatic hydroxyl groups is 2. The molecule has 2 aromatic carbocycles. The molecule has 0 aliphatic heterocycles. The Hall–Kier alpha value is -1.93. The quantitative estimate of drug-likeness (QED) is 0.640. The van der Waals surface area contributed by atoms with E-state index in [0.717, 1.165) is 12.1 Å². The van der Waals surface area contributed by atoms with Gasteiger partial charge in [0.05, 0.1) is 23.2 Å². The first-order valence-electron chi connectivity index (χ1n) is 7.77. The van der Waals surface area contributed by atoms with Crippen LogP contribution >= 0.6 is 0 Å². The number of nitrogens with two attached hydrogens (primary N) is 2. The molecule has 136 valence electrons. The van der Waals surface area contributed by atoms with Gasteiger partial charge in [0, 0.05) is 6.61 Å². The third-order valence-corrected chi connectivity index (χ3v) is 4.32. The fraction of sp³-hybridized carbons (Fsp3) is 0.333. The number of hydrogen-bond acceptors (Lipinski definition) is 4. The first-order valence-corrected chi connectivity index (χ1v) is 7.77. The van der Waals surface area contributed by atoms with Crippen molar-refractivity contribution in [3.8, 4) is 0 Å². The molecule has 0 aliphatic rings. The zero-order valence-corrected chi connectivity index (χ0v) is 13.4. The van der Waals surface area contributed by atoms with Crippen molar-refractivity contribution in [2.75, 3.05) is 6.61 Å². The first kappa shape index (κ1) is 19.4. The molecule has 0 bridgehead atoms.